The highest BCUT2D eigenvalue weighted by molar-refractivity contribution is 8.00. The summed E-state index contributed by atoms with van der Waals surface area (Å²) in [5.74, 6) is -0.173. The van der Waals surface area contributed by atoms with E-state index in [9.17, 15) is 23.2 Å². The Labute approximate surface area is 177 Å². The van der Waals surface area contributed by atoms with Gasteiger partial charge in [-0.15, -0.1) is 0 Å². The average Bonchev–Trinajstić information content (AvgIpc) is 2.73. The van der Waals surface area contributed by atoms with E-state index < -0.39 is 22.6 Å². The first-order valence-electron chi connectivity index (χ1n) is 9.45. The van der Waals surface area contributed by atoms with Crippen molar-refractivity contribution in [3.63, 3.8) is 0 Å². The number of piperazine rings is 1. The van der Waals surface area contributed by atoms with E-state index in [1.54, 1.807) is 17.9 Å². The van der Waals surface area contributed by atoms with Crippen LogP contribution in [0.3, 0.4) is 0 Å². The molecule has 0 N–H and O–H groups in total. The van der Waals surface area contributed by atoms with Gasteiger partial charge in [0.15, 0.2) is 0 Å². The molecule has 158 valence electrons. The number of nitrogens with zero attached hydrogens (tertiary/aromatic N) is 4. The topological polar surface area (TPSA) is 60.2 Å². The molecule has 1 saturated heterocycles. The summed E-state index contributed by atoms with van der Waals surface area (Å²) in [5.41, 5.74) is -0.308. The maximum atomic E-state index is 13.3. The lowest BCUT2D eigenvalue weighted by Crippen LogP contribution is -2.50. The second-order valence-corrected chi connectivity index (χ2v) is 8.34. The van der Waals surface area contributed by atoms with E-state index in [0.29, 0.717) is 26.2 Å². The van der Waals surface area contributed by atoms with Gasteiger partial charge in [-0.05, 0) is 32.0 Å². The van der Waals surface area contributed by atoms with E-state index >= 15 is 0 Å². The molecule has 1 aliphatic heterocycles. The zero-order chi connectivity index (χ0) is 21.9. The number of pyridine rings is 1. The Morgan fingerprint density at radius 1 is 1.20 bits per heavy atom. The van der Waals surface area contributed by atoms with Gasteiger partial charge in [-0.2, -0.15) is 18.4 Å². The SMILES string of the molecule is Cc1cc(C(F)(F)F)c(C#N)c(SC(C)C(=O)N2CCN(c3ccccc3)CC2)n1. The molecule has 3 rings (SSSR count). The molecule has 9 heteroatoms. The quantitative estimate of drug-likeness (QED) is 0.678. The number of thioether (sulfide) groups is 1. The van der Waals surface area contributed by atoms with E-state index in [1.165, 1.54) is 6.92 Å². The van der Waals surface area contributed by atoms with E-state index in [2.05, 4.69) is 9.88 Å². The molecule has 2 aromatic rings. The number of hydrogen-bond donors (Lipinski definition) is 0. The number of benzene rings is 1. The number of amides is 1. The van der Waals surface area contributed by atoms with Crippen LogP contribution in [-0.2, 0) is 11.0 Å². The fourth-order valence-corrected chi connectivity index (χ4v) is 4.42. The average molecular weight is 434 g/mol. The van der Waals surface area contributed by atoms with Gasteiger partial charge in [0.1, 0.15) is 11.1 Å². The summed E-state index contributed by atoms with van der Waals surface area (Å²) in [6.07, 6.45) is -4.66. The van der Waals surface area contributed by atoms with Crippen LogP contribution >= 0.6 is 11.8 Å². The third-order valence-electron chi connectivity index (χ3n) is 4.88. The summed E-state index contributed by atoms with van der Waals surface area (Å²) >= 11 is 0.900. The number of aryl methyl sites for hydroxylation is 1. The molecule has 1 fully saturated rings. The molecule has 0 aliphatic carbocycles. The van der Waals surface area contributed by atoms with E-state index in [4.69, 9.17) is 0 Å². The second kappa shape index (κ2) is 8.96. The van der Waals surface area contributed by atoms with Crippen LogP contribution in [0.15, 0.2) is 41.4 Å². The van der Waals surface area contributed by atoms with Crippen LogP contribution in [0.4, 0.5) is 18.9 Å². The summed E-state index contributed by atoms with van der Waals surface area (Å²) < 4.78 is 39.9. The van der Waals surface area contributed by atoms with Gasteiger partial charge in [0, 0.05) is 37.6 Å². The first-order valence-corrected chi connectivity index (χ1v) is 10.3. The van der Waals surface area contributed by atoms with Crippen LogP contribution < -0.4 is 4.90 Å². The number of nitriles is 1. The zero-order valence-corrected chi connectivity index (χ0v) is 17.4. The van der Waals surface area contributed by atoms with Gasteiger partial charge in [-0.3, -0.25) is 4.79 Å². The minimum Gasteiger partial charge on any atom is -0.368 e. The standard InChI is InChI=1S/C21H21F3N4OS/c1-14-12-18(21(22,23)24)17(13-25)19(26-14)30-15(2)20(29)28-10-8-27(9-11-28)16-6-4-3-5-7-16/h3-7,12,15H,8-11H2,1-2H3. The predicted octanol–water partition coefficient (Wildman–Crippen LogP) is 4.11. The molecule has 0 saturated carbocycles. The largest absolute Gasteiger partial charge is 0.417 e. The van der Waals surface area contributed by atoms with Crippen molar-refractivity contribution < 1.29 is 18.0 Å². The Morgan fingerprint density at radius 3 is 2.40 bits per heavy atom. The molecule has 30 heavy (non-hydrogen) atoms. The van der Waals surface area contributed by atoms with Crippen molar-refractivity contribution in [2.24, 2.45) is 0 Å². The van der Waals surface area contributed by atoms with Crippen LogP contribution in [0.25, 0.3) is 0 Å². The fourth-order valence-electron chi connectivity index (χ4n) is 3.36. The molecular weight excluding hydrogens is 413 g/mol. The minimum absolute atomic E-state index is 0.0615. The number of para-hydroxylation sites is 1. The summed E-state index contributed by atoms with van der Waals surface area (Å²) in [6, 6.07) is 12.4. The summed E-state index contributed by atoms with van der Waals surface area (Å²) in [4.78, 5) is 20.9. The fraction of sp³-hybridized carbons (Fsp3) is 0.381. The molecule has 1 aliphatic rings. The Balaban J connectivity index is 1.70. The summed E-state index contributed by atoms with van der Waals surface area (Å²) in [7, 11) is 0. The third kappa shape index (κ3) is 4.87. The molecule has 5 nitrogen and oxygen atoms in total. The number of carbonyl (C=O) groups is 1. The Morgan fingerprint density at radius 2 is 1.83 bits per heavy atom. The van der Waals surface area contributed by atoms with Crippen molar-refractivity contribution >= 4 is 23.4 Å². The highest BCUT2D eigenvalue weighted by Crippen LogP contribution is 2.37. The number of anilines is 1. The van der Waals surface area contributed by atoms with Crippen molar-refractivity contribution in [2.45, 2.75) is 30.3 Å². The number of carbonyl (C=O) groups excluding carboxylic acids is 1. The number of rotatable bonds is 4. The van der Waals surface area contributed by atoms with E-state index in [1.807, 2.05) is 30.3 Å². The van der Waals surface area contributed by atoms with E-state index in [-0.39, 0.29) is 16.6 Å². The monoisotopic (exact) mass is 434 g/mol. The summed E-state index contributed by atoms with van der Waals surface area (Å²) in [5, 5.41) is 8.57. The van der Waals surface area contributed by atoms with Crippen molar-refractivity contribution in [1.29, 1.82) is 5.26 Å². The van der Waals surface area contributed by atoms with Gasteiger partial charge in [0.2, 0.25) is 5.91 Å². The van der Waals surface area contributed by atoms with E-state index in [0.717, 1.165) is 23.5 Å². The molecule has 0 radical (unpaired) electrons. The van der Waals surface area contributed by atoms with Crippen molar-refractivity contribution in [1.82, 2.24) is 9.88 Å². The lowest BCUT2D eigenvalue weighted by Gasteiger charge is -2.37. The number of hydrogen-bond acceptors (Lipinski definition) is 5. The van der Waals surface area contributed by atoms with Gasteiger partial charge in [-0.25, -0.2) is 4.98 Å². The normalized spacial score (nSPS) is 15.6. The van der Waals surface area contributed by atoms with Crippen molar-refractivity contribution in [3.8, 4) is 6.07 Å². The minimum atomic E-state index is -4.66. The first kappa shape index (κ1) is 22.0. The van der Waals surface area contributed by atoms with Crippen LogP contribution in [0.5, 0.6) is 0 Å². The molecular formula is C21H21F3N4OS. The molecule has 1 amide bonds. The van der Waals surface area contributed by atoms with Crippen molar-refractivity contribution in [3.05, 3.63) is 53.2 Å². The smallest absolute Gasteiger partial charge is 0.368 e. The van der Waals surface area contributed by atoms with Gasteiger partial charge < -0.3 is 9.80 Å². The van der Waals surface area contributed by atoms with Crippen LogP contribution in [0.2, 0.25) is 0 Å². The second-order valence-electron chi connectivity index (χ2n) is 7.01. The van der Waals surface area contributed by atoms with Gasteiger partial charge in [-0.1, -0.05) is 30.0 Å². The van der Waals surface area contributed by atoms with Crippen LogP contribution in [0, 0.1) is 18.3 Å². The first-order chi connectivity index (χ1) is 14.2. The molecule has 0 spiro atoms. The van der Waals surface area contributed by atoms with Gasteiger partial charge in [0.25, 0.3) is 0 Å². The summed E-state index contributed by atoms with van der Waals surface area (Å²) in [6.45, 7) is 5.48. The van der Waals surface area contributed by atoms with Gasteiger partial charge in [0.05, 0.1) is 16.4 Å². The number of halogens is 3. The highest BCUT2D eigenvalue weighted by atomic mass is 32.2. The Bertz CT molecular complexity index is 951. The van der Waals surface area contributed by atoms with Crippen molar-refractivity contribution in [2.75, 3.05) is 31.1 Å². The molecule has 1 atom stereocenters. The number of aromatic nitrogens is 1. The molecule has 1 unspecified atom stereocenters. The highest BCUT2D eigenvalue weighted by Gasteiger charge is 2.36. The lowest BCUT2D eigenvalue weighted by molar-refractivity contribution is -0.138. The lowest BCUT2D eigenvalue weighted by atomic mass is 10.1. The maximum Gasteiger partial charge on any atom is 0.417 e. The molecule has 1 aromatic heterocycles. The Hall–Kier alpha value is -2.73. The van der Waals surface area contributed by atoms with Crippen LogP contribution in [-0.4, -0.2) is 47.2 Å². The molecule has 2 heterocycles. The number of alkyl halides is 3. The van der Waals surface area contributed by atoms with Gasteiger partial charge >= 0.3 is 6.18 Å². The maximum absolute atomic E-state index is 13.3. The van der Waals surface area contributed by atoms with Crippen LogP contribution in [0.1, 0.15) is 23.7 Å². The predicted molar refractivity (Wildman–Crippen MR) is 109 cm³/mol. The third-order valence-corrected chi connectivity index (χ3v) is 5.95. The zero-order valence-electron chi connectivity index (χ0n) is 16.6. The Kier molecular flexibility index (Phi) is 6.56. The molecule has 1 aromatic carbocycles. The molecule has 0 bridgehead atoms.